The molecular formula is C26H27N5O3. The quantitative estimate of drug-likeness (QED) is 0.416. The Kier molecular flexibility index (Phi) is 6.22. The number of aromatic nitrogens is 4. The van der Waals surface area contributed by atoms with Gasteiger partial charge in [-0.1, -0.05) is 47.2 Å². The van der Waals surface area contributed by atoms with Gasteiger partial charge < -0.3 is 14.5 Å². The van der Waals surface area contributed by atoms with Crippen LogP contribution in [0.4, 0.5) is 0 Å². The van der Waals surface area contributed by atoms with Gasteiger partial charge in [-0.25, -0.2) is 9.67 Å². The van der Waals surface area contributed by atoms with Crippen molar-refractivity contribution >= 4 is 5.91 Å². The van der Waals surface area contributed by atoms with Crippen LogP contribution in [0.25, 0.3) is 22.8 Å². The van der Waals surface area contributed by atoms with Crippen molar-refractivity contribution in [1.82, 2.24) is 25.3 Å². The maximum Gasteiger partial charge on any atom is 0.252 e. The Morgan fingerprint density at radius 1 is 1.18 bits per heavy atom. The maximum atomic E-state index is 13.0. The van der Waals surface area contributed by atoms with Crippen molar-refractivity contribution in [1.29, 1.82) is 0 Å². The number of amides is 1. The highest BCUT2D eigenvalue weighted by Crippen LogP contribution is 2.33. The molecule has 2 aromatic heterocycles. The van der Waals surface area contributed by atoms with E-state index in [0.717, 1.165) is 25.0 Å². The zero-order valence-electron chi connectivity index (χ0n) is 19.3. The summed E-state index contributed by atoms with van der Waals surface area (Å²) in [6.07, 6.45) is 5.76. The van der Waals surface area contributed by atoms with Gasteiger partial charge in [0, 0.05) is 17.7 Å². The van der Waals surface area contributed by atoms with Crippen molar-refractivity contribution in [2.75, 3.05) is 6.61 Å². The minimum Gasteiger partial charge on any atom is -0.436 e. The van der Waals surface area contributed by atoms with E-state index in [9.17, 15) is 4.79 Å². The molecule has 4 aromatic rings. The maximum absolute atomic E-state index is 13.0. The van der Waals surface area contributed by atoms with Crippen molar-refractivity contribution in [2.45, 2.75) is 45.4 Å². The number of carbonyl (C=O) groups is 1. The average Bonchev–Trinajstić information content (AvgIpc) is 3.50. The summed E-state index contributed by atoms with van der Waals surface area (Å²) in [7, 11) is 0. The van der Waals surface area contributed by atoms with E-state index in [2.05, 4.69) is 20.6 Å². The van der Waals surface area contributed by atoms with E-state index in [0.29, 0.717) is 40.6 Å². The van der Waals surface area contributed by atoms with Gasteiger partial charge in [0.05, 0.1) is 36.6 Å². The van der Waals surface area contributed by atoms with Crippen LogP contribution in [-0.2, 0) is 11.3 Å². The number of benzene rings is 2. The highest BCUT2D eigenvalue weighted by atomic mass is 16.5. The molecule has 1 fully saturated rings. The second-order valence-electron chi connectivity index (χ2n) is 8.52. The summed E-state index contributed by atoms with van der Waals surface area (Å²) in [4.78, 5) is 17.4. The average molecular weight is 458 g/mol. The fourth-order valence-electron chi connectivity index (χ4n) is 4.08. The molecule has 0 radical (unpaired) electrons. The van der Waals surface area contributed by atoms with Crippen LogP contribution in [0.5, 0.6) is 0 Å². The summed E-state index contributed by atoms with van der Waals surface area (Å²) in [6.45, 7) is 5.06. The number of oxazole rings is 1. The molecule has 8 heteroatoms. The van der Waals surface area contributed by atoms with Crippen LogP contribution >= 0.6 is 0 Å². The topological polar surface area (TPSA) is 95.1 Å². The van der Waals surface area contributed by atoms with Crippen LogP contribution in [0.2, 0.25) is 0 Å². The van der Waals surface area contributed by atoms with Gasteiger partial charge in [0.15, 0.2) is 5.76 Å². The van der Waals surface area contributed by atoms with E-state index >= 15 is 0 Å². The van der Waals surface area contributed by atoms with E-state index in [-0.39, 0.29) is 12.5 Å². The Labute approximate surface area is 198 Å². The van der Waals surface area contributed by atoms with E-state index < -0.39 is 0 Å². The highest BCUT2D eigenvalue weighted by Gasteiger charge is 2.31. The van der Waals surface area contributed by atoms with Crippen LogP contribution in [0.1, 0.15) is 47.4 Å². The van der Waals surface area contributed by atoms with Crippen molar-refractivity contribution in [3.63, 3.8) is 0 Å². The molecule has 34 heavy (non-hydrogen) atoms. The standard InChI is InChI=1S/C26H27N5O3/c1-3-33-21-12-20(13-21)31-16-19(29-30-31)14-27-25(32)22-6-4-5-7-23(22)26-28-15-24(34-26)18-10-8-17(2)9-11-18/h4-11,15-16,20-21H,3,12-14H2,1-2H3,(H,27,32). The first kappa shape index (κ1) is 22.0. The van der Waals surface area contributed by atoms with Crippen LogP contribution < -0.4 is 5.32 Å². The molecule has 0 aliphatic heterocycles. The molecule has 0 bridgehead atoms. The summed E-state index contributed by atoms with van der Waals surface area (Å²) in [5, 5.41) is 11.4. The smallest absolute Gasteiger partial charge is 0.252 e. The van der Waals surface area contributed by atoms with Crippen molar-refractivity contribution in [2.24, 2.45) is 0 Å². The molecule has 2 heterocycles. The molecule has 1 N–H and O–H groups in total. The summed E-state index contributed by atoms with van der Waals surface area (Å²) in [6, 6.07) is 15.6. The minimum absolute atomic E-state index is 0.222. The van der Waals surface area contributed by atoms with Crippen LogP contribution in [0, 0.1) is 6.92 Å². The van der Waals surface area contributed by atoms with Gasteiger partial charge in [-0.05, 0) is 38.8 Å². The summed E-state index contributed by atoms with van der Waals surface area (Å²) in [5.41, 5.74) is 3.95. The van der Waals surface area contributed by atoms with Crippen LogP contribution in [-0.4, -0.2) is 38.6 Å². The lowest BCUT2D eigenvalue weighted by atomic mass is 9.89. The Hall–Kier alpha value is -3.78. The predicted octanol–water partition coefficient (Wildman–Crippen LogP) is 4.58. The summed E-state index contributed by atoms with van der Waals surface area (Å²) < 4.78 is 13.5. The lowest BCUT2D eigenvalue weighted by molar-refractivity contribution is -0.0231. The number of nitrogens with zero attached hydrogens (tertiary/aromatic N) is 4. The third-order valence-corrected chi connectivity index (χ3v) is 6.08. The zero-order valence-corrected chi connectivity index (χ0v) is 19.3. The van der Waals surface area contributed by atoms with Gasteiger partial charge in [0.25, 0.3) is 5.91 Å². The number of nitrogens with one attached hydrogen (secondary N) is 1. The summed E-state index contributed by atoms with van der Waals surface area (Å²) in [5.74, 6) is 0.839. The van der Waals surface area contributed by atoms with Gasteiger partial charge >= 0.3 is 0 Å². The Balaban J connectivity index is 1.25. The number of aryl methyl sites for hydroxylation is 1. The molecule has 1 amide bonds. The summed E-state index contributed by atoms with van der Waals surface area (Å²) >= 11 is 0. The molecule has 0 spiro atoms. The Morgan fingerprint density at radius 2 is 1.97 bits per heavy atom. The van der Waals surface area contributed by atoms with Crippen molar-refractivity contribution in [3.05, 3.63) is 77.7 Å². The number of ether oxygens (including phenoxy) is 1. The fraction of sp³-hybridized carbons (Fsp3) is 0.308. The lowest BCUT2D eigenvalue weighted by Gasteiger charge is -2.34. The van der Waals surface area contributed by atoms with Gasteiger partial charge in [0.1, 0.15) is 5.69 Å². The number of rotatable bonds is 8. The second kappa shape index (κ2) is 9.61. The Bertz CT molecular complexity index is 1270. The van der Waals surface area contributed by atoms with Gasteiger partial charge in [-0.2, -0.15) is 0 Å². The third-order valence-electron chi connectivity index (χ3n) is 6.08. The van der Waals surface area contributed by atoms with Gasteiger partial charge in [0.2, 0.25) is 5.89 Å². The van der Waals surface area contributed by atoms with Crippen LogP contribution in [0.3, 0.4) is 0 Å². The van der Waals surface area contributed by atoms with E-state index in [4.69, 9.17) is 9.15 Å². The molecule has 0 unspecified atom stereocenters. The number of hydrogen-bond donors (Lipinski definition) is 1. The largest absolute Gasteiger partial charge is 0.436 e. The molecule has 8 nitrogen and oxygen atoms in total. The molecule has 0 atom stereocenters. The molecule has 5 rings (SSSR count). The Morgan fingerprint density at radius 3 is 2.76 bits per heavy atom. The molecule has 1 aliphatic rings. The predicted molar refractivity (Wildman–Crippen MR) is 127 cm³/mol. The van der Waals surface area contributed by atoms with Crippen LogP contribution in [0.15, 0.2) is 65.3 Å². The van der Waals surface area contributed by atoms with Gasteiger partial charge in [-0.15, -0.1) is 5.10 Å². The van der Waals surface area contributed by atoms with E-state index in [1.54, 1.807) is 12.3 Å². The first-order valence-corrected chi connectivity index (χ1v) is 11.5. The first-order valence-electron chi connectivity index (χ1n) is 11.5. The minimum atomic E-state index is -0.222. The normalized spacial score (nSPS) is 17.4. The van der Waals surface area contributed by atoms with E-state index in [1.165, 1.54) is 5.56 Å². The first-order chi connectivity index (χ1) is 16.6. The second-order valence-corrected chi connectivity index (χ2v) is 8.52. The molecule has 1 aliphatic carbocycles. The molecule has 0 saturated heterocycles. The highest BCUT2D eigenvalue weighted by molar-refractivity contribution is 6.00. The molecule has 174 valence electrons. The van der Waals surface area contributed by atoms with Crippen molar-refractivity contribution < 1.29 is 13.9 Å². The van der Waals surface area contributed by atoms with E-state index in [1.807, 2.05) is 67.2 Å². The number of hydrogen-bond acceptors (Lipinski definition) is 6. The molecular weight excluding hydrogens is 430 g/mol. The monoisotopic (exact) mass is 457 g/mol. The molecule has 2 aromatic carbocycles. The van der Waals surface area contributed by atoms with Crippen molar-refractivity contribution in [3.8, 4) is 22.8 Å². The molecule has 1 saturated carbocycles. The SMILES string of the molecule is CCOC1CC(n2cc(CNC(=O)c3ccccc3-c3ncc(-c4ccc(C)cc4)o3)nn2)C1. The zero-order chi connectivity index (χ0) is 23.5. The third kappa shape index (κ3) is 4.63. The van der Waals surface area contributed by atoms with Gasteiger partial charge in [-0.3, -0.25) is 4.79 Å². The number of carbonyl (C=O) groups excluding carboxylic acids is 1. The fourth-order valence-corrected chi connectivity index (χ4v) is 4.08. The lowest BCUT2D eigenvalue weighted by Crippen LogP contribution is -2.33.